The summed E-state index contributed by atoms with van der Waals surface area (Å²) in [6, 6.07) is 25.6. The van der Waals surface area contributed by atoms with E-state index in [1.54, 1.807) is 62.0 Å². The van der Waals surface area contributed by atoms with Gasteiger partial charge in [0.25, 0.3) is 5.91 Å². The molecule has 0 radical (unpaired) electrons. The molecule has 2 amide bonds. The number of rotatable bonds is 24. The molecular weight excluding hydrogens is 1830 g/mol. The van der Waals surface area contributed by atoms with Crippen molar-refractivity contribution in [2.75, 3.05) is 40.9 Å². The van der Waals surface area contributed by atoms with Crippen molar-refractivity contribution in [3.63, 3.8) is 0 Å². The highest BCUT2D eigenvalue weighted by atomic mass is 79.9. The van der Waals surface area contributed by atoms with Crippen molar-refractivity contribution >= 4 is 207 Å². The van der Waals surface area contributed by atoms with Crippen LogP contribution in [0.4, 0.5) is 46.5 Å². The fourth-order valence-corrected chi connectivity index (χ4v) is 14.2. The zero-order chi connectivity index (χ0) is 78.7. The van der Waals surface area contributed by atoms with Crippen LogP contribution >= 0.6 is 125 Å². The maximum atomic E-state index is 12.3. The predicted molar refractivity (Wildman–Crippen MR) is 442 cm³/mol. The largest absolute Gasteiger partial charge is 0.499 e. The van der Waals surface area contributed by atoms with E-state index < -0.39 is 13.1 Å². The molecule has 12 heterocycles. The van der Waals surface area contributed by atoms with Gasteiger partial charge in [0.2, 0.25) is 5.91 Å². The summed E-state index contributed by atoms with van der Waals surface area (Å²) in [4.78, 5) is 83.3. The lowest BCUT2D eigenvalue weighted by atomic mass is 9.90. The lowest BCUT2D eigenvalue weighted by Gasteiger charge is -2.06. The average molecular weight is 1900 g/mol. The number of aromatic carboxylic acids is 1. The van der Waals surface area contributed by atoms with Gasteiger partial charge in [-0.25, -0.2) is 44.7 Å². The van der Waals surface area contributed by atoms with Crippen molar-refractivity contribution in [3.8, 4) is 44.2 Å². The van der Waals surface area contributed by atoms with Crippen molar-refractivity contribution in [2.24, 2.45) is 5.73 Å². The lowest BCUT2D eigenvalue weighted by molar-refractivity contribution is -0.119. The zero-order valence-electron chi connectivity index (χ0n) is 58.7. The number of amides is 2. The second-order valence-corrected chi connectivity index (χ2v) is 33.4. The monoisotopic (exact) mass is 1890 g/mol. The molecule has 0 aliphatic heterocycles. The molecule has 16 rings (SSSR count). The second-order valence-electron chi connectivity index (χ2n) is 24.9. The Morgan fingerprint density at radius 1 is 0.514 bits per heavy atom. The summed E-state index contributed by atoms with van der Waals surface area (Å²) in [6.45, 7) is 4.39. The van der Waals surface area contributed by atoms with Crippen LogP contribution in [-0.2, 0) is 9.59 Å². The number of nitrogens with zero attached hydrogens (tertiary/aromatic N) is 14. The Morgan fingerprint density at radius 3 is 1.23 bits per heavy atom. The predicted octanol–water partition coefficient (Wildman–Crippen LogP) is 14.3. The number of Topliss-reactive ketones (excluding diaryl/α,β-unsaturated/α-hetero) is 1. The molecule has 12 aromatic heterocycles. The summed E-state index contributed by atoms with van der Waals surface area (Å²) in [6.07, 6.45) is 17.9. The van der Waals surface area contributed by atoms with Crippen LogP contribution < -0.4 is 42.4 Å². The number of ketones is 1. The van der Waals surface area contributed by atoms with Crippen LogP contribution in [0.15, 0.2) is 120 Å². The Labute approximate surface area is 692 Å². The maximum Gasteiger partial charge on any atom is 0.499 e. The first-order chi connectivity index (χ1) is 53.5. The van der Waals surface area contributed by atoms with Crippen LogP contribution in [0.3, 0.4) is 0 Å². The number of anilines is 8. The molecule has 4 saturated carbocycles. The smallest absolute Gasteiger partial charge is 0.477 e. The Hall–Kier alpha value is -9.44. The molecule has 0 saturated heterocycles. The van der Waals surface area contributed by atoms with E-state index in [-0.39, 0.29) is 22.5 Å². The van der Waals surface area contributed by atoms with Crippen LogP contribution in [0.25, 0.3) is 32.1 Å². The molecule has 32 nitrogen and oxygen atoms in total. The highest BCUT2D eigenvalue weighted by Gasteiger charge is 2.29. The quantitative estimate of drug-likeness (QED) is 0.0152. The molecule has 15 N–H and O–H groups in total. The summed E-state index contributed by atoms with van der Waals surface area (Å²) < 4.78 is 3.93. The number of carbonyl (C=O) groups is 4. The Bertz CT molecular complexity index is 5310. The molecule has 0 atom stereocenters. The van der Waals surface area contributed by atoms with Gasteiger partial charge >= 0.3 is 13.1 Å². The van der Waals surface area contributed by atoms with Gasteiger partial charge in [0.1, 0.15) is 50.0 Å². The van der Waals surface area contributed by atoms with E-state index in [1.807, 2.05) is 42.5 Å². The van der Waals surface area contributed by atoms with Gasteiger partial charge < -0.3 is 57.6 Å². The van der Waals surface area contributed by atoms with Crippen molar-refractivity contribution in [1.82, 2.24) is 91.3 Å². The van der Waals surface area contributed by atoms with Crippen molar-refractivity contribution in [2.45, 2.75) is 102 Å². The van der Waals surface area contributed by atoms with E-state index >= 15 is 0 Å². The van der Waals surface area contributed by atoms with Gasteiger partial charge in [-0.1, -0.05) is 6.07 Å². The number of hydrogen-bond donors (Lipinski definition) is 14. The molecule has 0 unspecified atom stereocenters. The fourth-order valence-electron chi connectivity index (χ4n) is 9.73. The zero-order valence-corrected chi connectivity index (χ0v) is 69.8. The van der Waals surface area contributed by atoms with E-state index in [9.17, 15) is 19.2 Å². The number of H-pyrrole nitrogens is 4. The van der Waals surface area contributed by atoms with Crippen molar-refractivity contribution in [3.05, 3.63) is 162 Å². The summed E-state index contributed by atoms with van der Waals surface area (Å²) in [5, 5.41) is 90.8. The Morgan fingerprint density at radius 2 is 0.883 bits per heavy atom. The summed E-state index contributed by atoms with van der Waals surface area (Å²) >= 11 is 21.9. The summed E-state index contributed by atoms with van der Waals surface area (Å²) in [5.41, 5.74) is 9.74. The van der Waals surface area contributed by atoms with Gasteiger partial charge in [-0.2, -0.15) is 30.9 Å². The molecular formula is C69H67BBr5N25O7S4. The summed E-state index contributed by atoms with van der Waals surface area (Å²) in [5.74, 6) is 8.43. The third kappa shape index (κ3) is 25.0. The molecule has 4 aliphatic carbocycles. The summed E-state index contributed by atoms with van der Waals surface area (Å²) in [7, 11) is -1.45. The number of carbonyl (C=O) groups excluding carboxylic acids is 3. The van der Waals surface area contributed by atoms with Crippen molar-refractivity contribution < 1.29 is 34.3 Å². The van der Waals surface area contributed by atoms with Crippen LogP contribution in [0.1, 0.15) is 154 Å². The minimum absolute atomic E-state index is 0.127. The number of halogens is 5. The number of carboxylic acid groups (broad SMARTS) is 1. The number of aromatic nitrogens is 16. The van der Waals surface area contributed by atoms with Crippen LogP contribution in [-0.4, -0.2) is 146 Å². The van der Waals surface area contributed by atoms with E-state index in [2.05, 4.69) is 198 Å². The molecule has 42 heteroatoms. The third-order valence-electron chi connectivity index (χ3n) is 15.9. The van der Waals surface area contributed by atoms with Gasteiger partial charge in [-0.05, 0) is 193 Å². The number of nitrogens with two attached hydrogens (primary N) is 1. The number of hydrogen-bond acceptors (Lipinski definition) is 29. The molecule has 111 heavy (non-hydrogen) atoms. The van der Waals surface area contributed by atoms with Gasteiger partial charge in [-0.15, -0.1) is 45.3 Å². The van der Waals surface area contributed by atoms with E-state index in [4.69, 9.17) is 31.4 Å². The second kappa shape index (κ2) is 39.7. The lowest BCUT2D eigenvalue weighted by Crippen LogP contribution is -2.33. The molecule has 4 fully saturated rings. The number of nitriles is 2. The molecule has 4 aliphatic rings. The SMILES string of the molecule is Brc1ncc(Br)c(Nc2cc(C3CC3)[nH]n2)n1.CC(=O)CCCN.CC(=O)NCCNC(=O)c1ccc(-c2ncc(Br)c(Nc3cc(C4CC4)[nH]n3)n2)s1.N#Cc1ccc(-c2ncc(Br)c(Nc3cc(C4CC4)[nH]n3)n2)s1.N#Cc1ccc(B(O)O)s1.O=C(O)c1ccc(-c2ncc(Br)c(Nc3cc(C4CC4)[nH]n3)n2)s1. The van der Waals surface area contributed by atoms with Crippen LogP contribution in [0.2, 0.25) is 0 Å². The Balaban J connectivity index is 0.000000138. The number of carboxylic acids is 1. The first-order valence-corrected chi connectivity index (χ1v) is 41.4. The third-order valence-corrected chi connectivity index (χ3v) is 22.8. The van der Waals surface area contributed by atoms with E-state index in [1.165, 1.54) is 92.7 Å². The maximum absolute atomic E-state index is 12.3. The molecule has 0 spiro atoms. The van der Waals surface area contributed by atoms with Crippen molar-refractivity contribution in [1.29, 1.82) is 10.5 Å². The normalized spacial score (nSPS) is 13.0. The van der Waals surface area contributed by atoms with Gasteiger partial charge in [0.05, 0.1) is 37.4 Å². The number of thiophene rings is 4. The molecule has 12 aromatic rings. The number of aromatic amines is 4. The Kier molecular flexibility index (Phi) is 29.5. The fraction of sp³-hybridized carbons (Fsp3) is 0.275. The van der Waals surface area contributed by atoms with Crippen LogP contribution in [0, 0.1) is 22.7 Å². The van der Waals surface area contributed by atoms with Crippen LogP contribution in [0.5, 0.6) is 0 Å². The highest BCUT2D eigenvalue weighted by Crippen LogP contribution is 2.43. The highest BCUT2D eigenvalue weighted by molar-refractivity contribution is 9.11. The van der Waals surface area contributed by atoms with Gasteiger partial charge in [-0.3, -0.25) is 30.0 Å². The first kappa shape index (κ1) is 82.5. The topological polar surface area (TPSA) is 493 Å². The van der Waals surface area contributed by atoms with Gasteiger partial charge in [0, 0.05) is 127 Å². The molecule has 0 bridgehead atoms. The van der Waals surface area contributed by atoms with E-state index in [0.717, 1.165) is 81.0 Å². The number of nitrogens with one attached hydrogen (secondary N) is 10. The van der Waals surface area contributed by atoms with E-state index in [0.29, 0.717) is 136 Å². The van der Waals surface area contributed by atoms with Gasteiger partial charge in [0.15, 0.2) is 51.3 Å². The first-order valence-electron chi connectivity index (χ1n) is 34.1. The standard InChI is InChI=1S/C19H20BrN7O2S.C15H11BrN6S.C15H12BrN5O2S.C10H9Br2N5.C5H4BNO2S.C5H11NO/c1-10(28)21-6-7-22-19(29)15-5-4-14(30-15)18-23-9-12(20)17(25-18)24-16-8-13(26-27-16)11-2-3-11;16-10-7-18-15(12-4-3-9(6-17)23-12)20-14(10)19-13-5-11(21-22-13)8-1-2-8;16-8-6-17-14(10-3-4-11(24-10)15(22)23)19-13(8)18-12-5-9(20-21-12)7-1-2-7;11-6-4-13-10(12)15-9(6)14-8-3-7(16-17-8)5-1-2-5;7-3-4-1-2-5(10-4)6(8)9;1-5(7)3-2-4-6/h4-5,8-9,11H,2-3,6-7H2,1H3,(H,21,28)(H,22,29)(H2,23,24,25,26,27);3-5,7-8H,1-2H2,(H2,18,19,20,21,22);3-7H,1-2H2,(H,22,23)(H2,17,18,19,20,21);3-5H,1-2H2,(H2,13,14,15,16,17);1-2,8-9H;2-4,6H2,1H3. The average Bonchev–Trinajstić information content (AvgIpc) is 1.74. The molecule has 572 valence electrons. The molecule has 0 aromatic carbocycles. The minimum atomic E-state index is -1.45. The minimum Gasteiger partial charge on any atom is -0.477 e.